The number of piperidine rings is 1. The summed E-state index contributed by atoms with van der Waals surface area (Å²) in [5.41, 5.74) is 4.54. The third kappa shape index (κ3) is 4.55. The van der Waals surface area contributed by atoms with Crippen molar-refractivity contribution in [1.29, 1.82) is 0 Å². The predicted molar refractivity (Wildman–Crippen MR) is 150 cm³/mol. The summed E-state index contributed by atoms with van der Waals surface area (Å²) < 4.78 is 2.12. The Labute approximate surface area is 236 Å². The van der Waals surface area contributed by atoms with Gasteiger partial charge in [0, 0.05) is 43.4 Å². The van der Waals surface area contributed by atoms with E-state index in [0.29, 0.717) is 17.9 Å². The molecule has 1 saturated heterocycles. The molecule has 1 atom stereocenters. The standard InChI is InChI=1S/C30H31N7O4/c1-31-25-4-2-3-23(33-25)22-15-36(35-27(22)17-5-6-17)19-11-16(12-19)14-32-18-7-8-20-21(13-18)30(41)37(29(20)40)24-9-10-26(38)34-28(24)39/h2-4,7-8,13,15-17,19,24,32H,5-6,9-12,14H2,1H3,(H,31,33)(H,34,38,39). The van der Waals surface area contributed by atoms with Gasteiger partial charge in [0.2, 0.25) is 11.8 Å². The predicted octanol–water partition coefficient (Wildman–Crippen LogP) is 3.33. The van der Waals surface area contributed by atoms with Gasteiger partial charge >= 0.3 is 0 Å². The molecule has 3 aromatic rings. The second-order valence-electron chi connectivity index (χ2n) is 11.4. The first-order valence-corrected chi connectivity index (χ1v) is 14.2. The molecule has 1 aromatic carbocycles. The minimum Gasteiger partial charge on any atom is -0.385 e. The van der Waals surface area contributed by atoms with Gasteiger partial charge < -0.3 is 10.6 Å². The molecule has 210 valence electrons. The van der Waals surface area contributed by atoms with Crippen LogP contribution in [-0.2, 0) is 9.59 Å². The second kappa shape index (κ2) is 9.83. The van der Waals surface area contributed by atoms with Crippen LogP contribution in [0.3, 0.4) is 0 Å². The Morgan fingerprint density at radius 2 is 1.78 bits per heavy atom. The summed E-state index contributed by atoms with van der Waals surface area (Å²) in [5.74, 6) is -0.178. The van der Waals surface area contributed by atoms with E-state index < -0.39 is 23.8 Å². The van der Waals surface area contributed by atoms with Crippen LogP contribution in [0.25, 0.3) is 11.3 Å². The third-order valence-corrected chi connectivity index (χ3v) is 8.63. The van der Waals surface area contributed by atoms with E-state index in [1.54, 1.807) is 18.2 Å². The first-order chi connectivity index (χ1) is 19.9. The lowest BCUT2D eigenvalue weighted by molar-refractivity contribution is -0.136. The van der Waals surface area contributed by atoms with Gasteiger partial charge in [-0.15, -0.1) is 0 Å². The van der Waals surface area contributed by atoms with Gasteiger partial charge in [0.1, 0.15) is 11.9 Å². The lowest BCUT2D eigenvalue weighted by Crippen LogP contribution is -2.54. The lowest BCUT2D eigenvalue weighted by Gasteiger charge is -2.35. The van der Waals surface area contributed by atoms with Crippen molar-refractivity contribution < 1.29 is 19.2 Å². The van der Waals surface area contributed by atoms with E-state index in [1.807, 2.05) is 25.2 Å². The first kappa shape index (κ1) is 25.4. The topological polar surface area (TPSA) is 138 Å². The van der Waals surface area contributed by atoms with Crippen LogP contribution in [-0.4, -0.2) is 62.9 Å². The van der Waals surface area contributed by atoms with Crippen LogP contribution in [0.5, 0.6) is 0 Å². The zero-order chi connectivity index (χ0) is 28.2. The van der Waals surface area contributed by atoms with Gasteiger partial charge in [-0.05, 0) is 68.4 Å². The number of amides is 4. The Morgan fingerprint density at radius 1 is 0.976 bits per heavy atom. The quantitative estimate of drug-likeness (QED) is 0.361. The molecule has 4 heterocycles. The number of pyridine rings is 1. The molecular formula is C30H31N7O4. The average Bonchev–Trinajstić information content (AvgIpc) is 3.66. The molecule has 7 rings (SSSR count). The van der Waals surface area contributed by atoms with Crippen molar-refractivity contribution in [2.45, 2.75) is 56.5 Å². The van der Waals surface area contributed by atoms with Crippen molar-refractivity contribution in [3.8, 4) is 11.3 Å². The first-order valence-electron chi connectivity index (χ1n) is 14.2. The number of imide groups is 2. The highest BCUT2D eigenvalue weighted by Gasteiger charge is 2.44. The molecule has 2 aliphatic carbocycles. The molecule has 3 fully saturated rings. The van der Waals surface area contributed by atoms with Gasteiger partial charge in [0.15, 0.2) is 0 Å². The molecule has 3 N–H and O–H groups in total. The summed E-state index contributed by atoms with van der Waals surface area (Å²) >= 11 is 0. The zero-order valence-corrected chi connectivity index (χ0v) is 22.7. The fourth-order valence-corrected chi connectivity index (χ4v) is 6.10. The SMILES string of the molecule is CNc1cccc(-c2cn(C3CC(CNc4ccc5c(c4)C(=O)N(C4CCC(=O)NC4=O)C5=O)C3)nc2C2CC2)n1. The molecule has 2 aliphatic heterocycles. The second-order valence-corrected chi connectivity index (χ2v) is 11.4. The van der Waals surface area contributed by atoms with Crippen molar-refractivity contribution in [3.05, 3.63) is 59.4 Å². The molecule has 0 spiro atoms. The molecule has 2 aromatic heterocycles. The Balaban J connectivity index is 0.989. The summed E-state index contributed by atoms with van der Waals surface area (Å²) in [6, 6.07) is 10.5. The number of anilines is 2. The highest BCUT2D eigenvalue weighted by atomic mass is 16.2. The van der Waals surface area contributed by atoms with Crippen LogP contribution >= 0.6 is 0 Å². The van der Waals surface area contributed by atoms with Crippen LogP contribution < -0.4 is 16.0 Å². The number of carbonyl (C=O) groups excluding carboxylic acids is 4. The summed E-state index contributed by atoms with van der Waals surface area (Å²) in [5, 5.41) is 13.8. The maximum absolute atomic E-state index is 13.1. The maximum Gasteiger partial charge on any atom is 0.262 e. The van der Waals surface area contributed by atoms with E-state index in [2.05, 4.69) is 26.8 Å². The monoisotopic (exact) mass is 553 g/mol. The Kier molecular flexibility index (Phi) is 6.09. The van der Waals surface area contributed by atoms with Gasteiger partial charge in [0.25, 0.3) is 11.8 Å². The molecular weight excluding hydrogens is 522 g/mol. The van der Waals surface area contributed by atoms with Crippen molar-refractivity contribution in [2.75, 3.05) is 24.2 Å². The van der Waals surface area contributed by atoms with E-state index in [0.717, 1.165) is 52.7 Å². The Hall–Kier alpha value is -4.54. The van der Waals surface area contributed by atoms with Gasteiger partial charge in [-0.1, -0.05) is 6.07 Å². The molecule has 0 radical (unpaired) electrons. The van der Waals surface area contributed by atoms with Crippen LogP contribution in [0.15, 0.2) is 42.6 Å². The number of aromatic nitrogens is 3. The van der Waals surface area contributed by atoms with Gasteiger partial charge in [-0.25, -0.2) is 4.98 Å². The maximum atomic E-state index is 13.1. The van der Waals surface area contributed by atoms with Crippen molar-refractivity contribution in [3.63, 3.8) is 0 Å². The van der Waals surface area contributed by atoms with Crippen molar-refractivity contribution >= 4 is 35.1 Å². The van der Waals surface area contributed by atoms with E-state index >= 15 is 0 Å². The summed E-state index contributed by atoms with van der Waals surface area (Å²) in [7, 11) is 1.87. The molecule has 2 saturated carbocycles. The van der Waals surface area contributed by atoms with E-state index in [4.69, 9.17) is 10.1 Å². The molecule has 4 aliphatic rings. The van der Waals surface area contributed by atoms with Crippen LogP contribution in [0.4, 0.5) is 11.5 Å². The zero-order valence-electron chi connectivity index (χ0n) is 22.7. The van der Waals surface area contributed by atoms with Gasteiger partial charge in [-0.3, -0.25) is 34.1 Å². The van der Waals surface area contributed by atoms with E-state index in [9.17, 15) is 19.2 Å². The highest BCUT2D eigenvalue weighted by molar-refractivity contribution is 6.23. The molecule has 0 bridgehead atoms. The summed E-state index contributed by atoms with van der Waals surface area (Å²) in [6.45, 7) is 0.740. The Bertz CT molecular complexity index is 1590. The molecule has 4 amide bonds. The van der Waals surface area contributed by atoms with Crippen molar-refractivity contribution in [1.82, 2.24) is 25.0 Å². The molecule has 41 heavy (non-hydrogen) atoms. The van der Waals surface area contributed by atoms with Crippen LogP contribution in [0.1, 0.15) is 76.9 Å². The minimum absolute atomic E-state index is 0.0984. The lowest BCUT2D eigenvalue weighted by atomic mass is 9.80. The highest BCUT2D eigenvalue weighted by Crippen LogP contribution is 2.45. The molecule has 1 unspecified atom stereocenters. The normalized spacial score (nSPS) is 23.7. The van der Waals surface area contributed by atoms with Gasteiger partial charge in [-0.2, -0.15) is 5.10 Å². The largest absolute Gasteiger partial charge is 0.385 e. The fraction of sp³-hybridized carbons (Fsp3) is 0.400. The summed E-state index contributed by atoms with van der Waals surface area (Å²) in [6.07, 6.45) is 6.73. The third-order valence-electron chi connectivity index (χ3n) is 8.63. The van der Waals surface area contributed by atoms with E-state index in [1.165, 1.54) is 12.8 Å². The number of nitrogens with zero attached hydrogens (tertiary/aromatic N) is 4. The fourth-order valence-electron chi connectivity index (χ4n) is 6.10. The van der Waals surface area contributed by atoms with Crippen LogP contribution in [0, 0.1) is 5.92 Å². The number of benzene rings is 1. The van der Waals surface area contributed by atoms with Crippen molar-refractivity contribution in [2.24, 2.45) is 5.92 Å². The molecule has 11 nitrogen and oxygen atoms in total. The number of fused-ring (bicyclic) bond motifs is 1. The minimum atomic E-state index is -0.963. The smallest absolute Gasteiger partial charge is 0.262 e. The number of nitrogens with one attached hydrogen (secondary N) is 3. The summed E-state index contributed by atoms with van der Waals surface area (Å²) in [4.78, 5) is 55.6. The van der Waals surface area contributed by atoms with Gasteiger partial charge in [0.05, 0.1) is 28.6 Å². The average molecular weight is 554 g/mol. The number of hydrogen-bond donors (Lipinski definition) is 3. The number of hydrogen-bond acceptors (Lipinski definition) is 8. The Morgan fingerprint density at radius 3 is 2.54 bits per heavy atom. The molecule has 11 heteroatoms. The number of carbonyl (C=O) groups is 4. The number of rotatable bonds is 8. The van der Waals surface area contributed by atoms with E-state index in [-0.39, 0.29) is 29.9 Å². The van der Waals surface area contributed by atoms with Crippen LogP contribution in [0.2, 0.25) is 0 Å².